The van der Waals surface area contributed by atoms with Gasteiger partial charge in [-0.3, -0.25) is 0 Å². The first-order chi connectivity index (χ1) is 7.26. The molecule has 0 amide bonds. The van der Waals surface area contributed by atoms with E-state index in [2.05, 4.69) is 13.0 Å². The molecule has 15 heavy (non-hydrogen) atoms. The van der Waals surface area contributed by atoms with E-state index in [1.165, 1.54) is 0 Å². The van der Waals surface area contributed by atoms with Crippen LogP contribution in [0.15, 0.2) is 29.2 Å². The van der Waals surface area contributed by atoms with Gasteiger partial charge in [0.1, 0.15) is 0 Å². The van der Waals surface area contributed by atoms with E-state index in [4.69, 9.17) is 16.9 Å². The Morgan fingerprint density at radius 2 is 2.33 bits per heavy atom. The summed E-state index contributed by atoms with van der Waals surface area (Å²) in [7, 11) is 0. The van der Waals surface area contributed by atoms with Gasteiger partial charge in [0.2, 0.25) is 0 Å². The summed E-state index contributed by atoms with van der Waals surface area (Å²) in [5.41, 5.74) is 0. The van der Waals surface area contributed by atoms with Crippen molar-refractivity contribution in [3.63, 3.8) is 0 Å². The van der Waals surface area contributed by atoms with Crippen LogP contribution < -0.4 is 0 Å². The van der Waals surface area contributed by atoms with Crippen molar-refractivity contribution in [1.29, 1.82) is 5.26 Å². The van der Waals surface area contributed by atoms with Crippen molar-refractivity contribution in [3.05, 3.63) is 29.3 Å². The Balaban J connectivity index is 2.46. The molecule has 0 saturated carbocycles. The van der Waals surface area contributed by atoms with Gasteiger partial charge in [-0.25, -0.2) is 0 Å². The monoisotopic (exact) mass is 239 g/mol. The Labute approximate surface area is 100 Å². The Bertz CT molecular complexity index is 346. The van der Waals surface area contributed by atoms with Gasteiger partial charge >= 0.3 is 0 Å². The molecule has 0 saturated heterocycles. The van der Waals surface area contributed by atoms with Crippen LogP contribution >= 0.6 is 23.4 Å². The standard InChI is InChI=1S/C12H14ClNS/c1-2-4-10(8-14)9-15-12-6-3-5-11(13)7-12/h3,5-7,10H,2,4,9H2,1H3. The molecule has 0 aliphatic rings. The molecule has 0 fully saturated rings. The van der Waals surface area contributed by atoms with Gasteiger partial charge < -0.3 is 0 Å². The molecule has 1 rings (SSSR count). The fourth-order valence-corrected chi connectivity index (χ4v) is 2.56. The van der Waals surface area contributed by atoms with Crippen LogP contribution in [0.2, 0.25) is 5.02 Å². The van der Waals surface area contributed by atoms with Gasteiger partial charge in [-0.15, -0.1) is 11.8 Å². The molecule has 80 valence electrons. The van der Waals surface area contributed by atoms with E-state index in [-0.39, 0.29) is 5.92 Å². The minimum absolute atomic E-state index is 0.152. The lowest BCUT2D eigenvalue weighted by molar-refractivity contribution is 0.655. The fraction of sp³-hybridized carbons (Fsp3) is 0.417. The average Bonchev–Trinajstić information content (AvgIpc) is 2.24. The van der Waals surface area contributed by atoms with Crippen LogP contribution in [0.3, 0.4) is 0 Å². The summed E-state index contributed by atoms with van der Waals surface area (Å²) in [6, 6.07) is 10.1. The van der Waals surface area contributed by atoms with Crippen LogP contribution in [-0.4, -0.2) is 5.75 Å². The number of nitriles is 1. The lowest BCUT2D eigenvalue weighted by atomic mass is 10.1. The second kappa shape index (κ2) is 6.76. The van der Waals surface area contributed by atoms with Crippen molar-refractivity contribution in [2.45, 2.75) is 24.7 Å². The van der Waals surface area contributed by atoms with Gasteiger partial charge in [0.05, 0.1) is 12.0 Å². The van der Waals surface area contributed by atoms with Crippen LogP contribution in [0.25, 0.3) is 0 Å². The second-order valence-electron chi connectivity index (χ2n) is 3.38. The lowest BCUT2D eigenvalue weighted by Crippen LogP contribution is -1.99. The molecule has 1 aromatic carbocycles. The predicted octanol–water partition coefficient (Wildman–Crippen LogP) is 4.37. The molecule has 0 heterocycles. The van der Waals surface area contributed by atoms with Crippen LogP contribution in [0.1, 0.15) is 19.8 Å². The second-order valence-corrected chi connectivity index (χ2v) is 4.91. The zero-order valence-corrected chi connectivity index (χ0v) is 10.3. The van der Waals surface area contributed by atoms with E-state index in [1.54, 1.807) is 11.8 Å². The Morgan fingerprint density at radius 1 is 1.53 bits per heavy atom. The molecule has 1 atom stereocenters. The Kier molecular flexibility index (Phi) is 5.60. The molecule has 1 unspecified atom stereocenters. The number of thioether (sulfide) groups is 1. The Hall–Kier alpha value is -0.650. The first kappa shape index (κ1) is 12.4. The van der Waals surface area contributed by atoms with E-state index in [9.17, 15) is 0 Å². The molecule has 0 spiro atoms. The van der Waals surface area contributed by atoms with E-state index in [0.29, 0.717) is 0 Å². The first-order valence-electron chi connectivity index (χ1n) is 5.04. The summed E-state index contributed by atoms with van der Waals surface area (Å²) < 4.78 is 0. The minimum Gasteiger partial charge on any atom is -0.198 e. The molecule has 0 aromatic heterocycles. The predicted molar refractivity (Wildman–Crippen MR) is 66.2 cm³/mol. The summed E-state index contributed by atoms with van der Waals surface area (Å²) in [4.78, 5) is 1.14. The summed E-state index contributed by atoms with van der Waals surface area (Å²) in [5.74, 6) is 1.00. The highest BCUT2D eigenvalue weighted by atomic mass is 35.5. The van der Waals surface area contributed by atoms with E-state index < -0.39 is 0 Å². The smallest absolute Gasteiger partial charge is 0.0664 e. The first-order valence-corrected chi connectivity index (χ1v) is 6.40. The quantitative estimate of drug-likeness (QED) is 0.713. The van der Waals surface area contributed by atoms with Crippen molar-refractivity contribution in [2.75, 3.05) is 5.75 Å². The third-order valence-electron chi connectivity index (χ3n) is 2.07. The molecule has 0 N–H and O–H groups in total. The van der Waals surface area contributed by atoms with Gasteiger partial charge in [0.25, 0.3) is 0 Å². The van der Waals surface area contributed by atoms with Crippen molar-refractivity contribution < 1.29 is 0 Å². The van der Waals surface area contributed by atoms with Crippen molar-refractivity contribution >= 4 is 23.4 Å². The molecule has 3 heteroatoms. The summed E-state index contributed by atoms with van der Waals surface area (Å²) >= 11 is 7.58. The van der Waals surface area contributed by atoms with Gasteiger partial charge in [0, 0.05) is 15.7 Å². The molecule has 0 bridgehead atoms. The zero-order valence-electron chi connectivity index (χ0n) is 8.74. The molecular weight excluding hydrogens is 226 g/mol. The van der Waals surface area contributed by atoms with Crippen LogP contribution in [-0.2, 0) is 0 Å². The largest absolute Gasteiger partial charge is 0.198 e. The van der Waals surface area contributed by atoms with E-state index in [1.807, 2.05) is 24.3 Å². The summed E-state index contributed by atoms with van der Waals surface area (Å²) in [5, 5.41) is 9.65. The number of halogens is 1. The summed E-state index contributed by atoms with van der Waals surface area (Å²) in [6.45, 7) is 2.11. The maximum Gasteiger partial charge on any atom is 0.0664 e. The number of benzene rings is 1. The van der Waals surface area contributed by atoms with Gasteiger partial charge in [-0.1, -0.05) is 31.0 Å². The maximum absolute atomic E-state index is 8.90. The van der Waals surface area contributed by atoms with E-state index >= 15 is 0 Å². The van der Waals surface area contributed by atoms with Crippen LogP contribution in [0.5, 0.6) is 0 Å². The number of hydrogen-bond donors (Lipinski definition) is 0. The number of nitrogens with zero attached hydrogens (tertiary/aromatic N) is 1. The molecule has 1 nitrogen and oxygen atoms in total. The normalized spacial score (nSPS) is 12.1. The highest BCUT2D eigenvalue weighted by molar-refractivity contribution is 7.99. The highest BCUT2D eigenvalue weighted by Crippen LogP contribution is 2.24. The third-order valence-corrected chi connectivity index (χ3v) is 3.46. The number of rotatable bonds is 5. The summed E-state index contributed by atoms with van der Waals surface area (Å²) in [6.07, 6.45) is 2.04. The molecule has 1 aromatic rings. The van der Waals surface area contributed by atoms with Crippen LogP contribution in [0, 0.1) is 17.2 Å². The van der Waals surface area contributed by atoms with Crippen molar-refractivity contribution in [1.82, 2.24) is 0 Å². The fourth-order valence-electron chi connectivity index (χ4n) is 1.29. The number of hydrogen-bond acceptors (Lipinski definition) is 2. The zero-order chi connectivity index (χ0) is 11.1. The third kappa shape index (κ3) is 4.59. The van der Waals surface area contributed by atoms with Gasteiger partial charge in [0.15, 0.2) is 0 Å². The van der Waals surface area contributed by atoms with Gasteiger partial charge in [-0.05, 0) is 24.6 Å². The lowest BCUT2D eigenvalue weighted by Gasteiger charge is -2.06. The molecular formula is C12H14ClNS. The van der Waals surface area contributed by atoms with E-state index in [0.717, 1.165) is 28.5 Å². The SMILES string of the molecule is CCCC(C#N)CSc1cccc(Cl)c1. The Morgan fingerprint density at radius 3 is 2.93 bits per heavy atom. The minimum atomic E-state index is 0.152. The topological polar surface area (TPSA) is 23.8 Å². The molecule has 0 aliphatic carbocycles. The van der Waals surface area contributed by atoms with Crippen LogP contribution in [0.4, 0.5) is 0 Å². The molecule has 0 radical (unpaired) electrons. The highest BCUT2D eigenvalue weighted by Gasteiger charge is 2.06. The van der Waals surface area contributed by atoms with Gasteiger partial charge in [-0.2, -0.15) is 5.26 Å². The van der Waals surface area contributed by atoms with Crippen molar-refractivity contribution in [3.8, 4) is 6.07 Å². The maximum atomic E-state index is 8.90. The van der Waals surface area contributed by atoms with Crippen molar-refractivity contribution in [2.24, 2.45) is 5.92 Å². The molecule has 0 aliphatic heterocycles. The average molecular weight is 240 g/mol.